The first-order valence-corrected chi connectivity index (χ1v) is 7.91. The number of hydrogen-bond donors (Lipinski definition) is 2. The van der Waals surface area contributed by atoms with Crippen molar-refractivity contribution in [3.05, 3.63) is 0 Å². The topological polar surface area (TPSA) is 96.3 Å². The first kappa shape index (κ1) is 21.7. The van der Waals surface area contributed by atoms with Crippen LogP contribution in [-0.4, -0.2) is 65.2 Å². The number of aliphatic hydroxyl groups excluding tert-OH is 1. The average Bonchev–Trinajstić information content (AvgIpc) is 2.40. The summed E-state index contributed by atoms with van der Waals surface area (Å²) >= 11 is 0. The lowest BCUT2D eigenvalue weighted by atomic mass is 9.97. The maximum atomic E-state index is 12.3. The van der Waals surface area contributed by atoms with E-state index in [0.29, 0.717) is 12.8 Å². The van der Waals surface area contributed by atoms with Gasteiger partial charge in [0.1, 0.15) is 11.6 Å². The summed E-state index contributed by atoms with van der Waals surface area (Å²) in [7, 11) is 1.50. The van der Waals surface area contributed by atoms with Crippen molar-refractivity contribution < 1.29 is 29.3 Å². The Balaban J connectivity index is 5.05. The van der Waals surface area contributed by atoms with Gasteiger partial charge in [0.2, 0.25) is 0 Å². The second-order valence-corrected chi connectivity index (χ2v) is 6.77. The molecule has 0 heterocycles. The highest BCUT2D eigenvalue weighted by atomic mass is 16.6. The van der Waals surface area contributed by atoms with E-state index in [1.807, 2.05) is 6.92 Å². The van der Waals surface area contributed by atoms with Crippen LogP contribution >= 0.6 is 0 Å². The Morgan fingerprint density at radius 2 is 1.83 bits per heavy atom. The van der Waals surface area contributed by atoms with Gasteiger partial charge in [-0.3, -0.25) is 4.90 Å². The molecule has 3 atom stereocenters. The summed E-state index contributed by atoms with van der Waals surface area (Å²) in [5.41, 5.74) is -0.704. The number of aliphatic carboxylic acids is 1. The van der Waals surface area contributed by atoms with Gasteiger partial charge in [0.05, 0.1) is 12.7 Å². The van der Waals surface area contributed by atoms with Crippen molar-refractivity contribution >= 4 is 12.1 Å². The quantitative estimate of drug-likeness (QED) is 0.671. The molecule has 0 aliphatic rings. The van der Waals surface area contributed by atoms with Crippen LogP contribution in [0.4, 0.5) is 4.79 Å². The van der Waals surface area contributed by atoms with Gasteiger partial charge in [-0.15, -0.1) is 0 Å². The molecule has 0 saturated carbocycles. The minimum absolute atomic E-state index is 0.0468. The standard InChI is InChI=1S/C16H31NO6/c1-7-12(8-13(18)10-22-6)9-17(11(2)14(19)20)15(21)23-16(3,4)5/h11-13,18H,7-10H2,1-6H3,(H,19,20)/t11-,12?,13?/m0/s1. The number of carboxylic acid groups (broad SMARTS) is 1. The fourth-order valence-corrected chi connectivity index (χ4v) is 2.14. The molecular weight excluding hydrogens is 302 g/mol. The van der Waals surface area contributed by atoms with E-state index in [9.17, 15) is 19.8 Å². The molecule has 7 nitrogen and oxygen atoms in total. The van der Waals surface area contributed by atoms with E-state index in [-0.39, 0.29) is 19.1 Å². The van der Waals surface area contributed by atoms with Gasteiger partial charge < -0.3 is 19.7 Å². The molecule has 0 spiro atoms. The highest BCUT2D eigenvalue weighted by Gasteiger charge is 2.31. The zero-order valence-corrected chi connectivity index (χ0v) is 15.0. The third-order valence-corrected chi connectivity index (χ3v) is 3.45. The molecule has 0 aliphatic heterocycles. The lowest BCUT2D eigenvalue weighted by molar-refractivity contribution is -0.142. The zero-order valence-electron chi connectivity index (χ0n) is 15.0. The largest absolute Gasteiger partial charge is 0.480 e. The van der Waals surface area contributed by atoms with Gasteiger partial charge in [0.15, 0.2) is 0 Å². The van der Waals surface area contributed by atoms with Gasteiger partial charge in [-0.1, -0.05) is 13.3 Å². The molecule has 0 rings (SSSR count). The number of methoxy groups -OCH3 is 1. The molecule has 23 heavy (non-hydrogen) atoms. The van der Waals surface area contributed by atoms with Gasteiger partial charge >= 0.3 is 12.1 Å². The molecule has 0 aromatic heterocycles. The number of ether oxygens (including phenoxy) is 2. The third-order valence-electron chi connectivity index (χ3n) is 3.45. The second-order valence-electron chi connectivity index (χ2n) is 6.77. The van der Waals surface area contributed by atoms with Crippen molar-refractivity contribution in [2.75, 3.05) is 20.3 Å². The van der Waals surface area contributed by atoms with E-state index in [4.69, 9.17) is 9.47 Å². The maximum Gasteiger partial charge on any atom is 0.411 e. The van der Waals surface area contributed by atoms with Crippen LogP contribution in [-0.2, 0) is 14.3 Å². The van der Waals surface area contributed by atoms with Crippen LogP contribution in [0.1, 0.15) is 47.5 Å². The molecule has 2 N–H and O–H groups in total. The van der Waals surface area contributed by atoms with E-state index in [1.54, 1.807) is 20.8 Å². The lowest BCUT2D eigenvalue weighted by Crippen LogP contribution is -2.48. The van der Waals surface area contributed by atoms with E-state index in [0.717, 1.165) is 0 Å². The monoisotopic (exact) mass is 333 g/mol. The van der Waals surface area contributed by atoms with Crippen LogP contribution in [0.2, 0.25) is 0 Å². The van der Waals surface area contributed by atoms with Crippen LogP contribution < -0.4 is 0 Å². The summed E-state index contributed by atoms with van der Waals surface area (Å²) in [6.45, 7) is 8.99. The number of aliphatic hydroxyl groups is 1. The Kier molecular flexibility index (Phi) is 9.16. The summed E-state index contributed by atoms with van der Waals surface area (Å²) in [6.07, 6.45) is -0.180. The Morgan fingerprint density at radius 3 is 2.22 bits per heavy atom. The van der Waals surface area contributed by atoms with Crippen molar-refractivity contribution in [2.24, 2.45) is 5.92 Å². The predicted molar refractivity (Wildman–Crippen MR) is 86.3 cm³/mol. The Hall–Kier alpha value is -1.34. The number of carbonyl (C=O) groups excluding carboxylic acids is 1. The van der Waals surface area contributed by atoms with Crippen molar-refractivity contribution in [1.29, 1.82) is 0 Å². The van der Waals surface area contributed by atoms with E-state index < -0.39 is 29.8 Å². The second kappa shape index (κ2) is 9.72. The SMILES string of the molecule is CCC(CC(O)COC)CN(C(=O)OC(C)(C)C)[C@@H](C)C(=O)O. The molecule has 0 saturated heterocycles. The lowest BCUT2D eigenvalue weighted by Gasteiger charge is -2.32. The molecule has 7 heteroatoms. The van der Waals surface area contributed by atoms with Gasteiger partial charge in [-0.25, -0.2) is 9.59 Å². The molecular formula is C16H31NO6. The number of nitrogens with zero attached hydrogens (tertiary/aromatic N) is 1. The normalized spacial score (nSPS) is 15.6. The highest BCUT2D eigenvalue weighted by molar-refractivity contribution is 5.79. The number of carboxylic acids is 1. The number of hydrogen-bond acceptors (Lipinski definition) is 5. The summed E-state index contributed by atoms with van der Waals surface area (Å²) in [4.78, 5) is 24.8. The number of amides is 1. The molecule has 0 aromatic carbocycles. The van der Waals surface area contributed by atoms with Crippen LogP contribution in [0, 0.1) is 5.92 Å². The van der Waals surface area contributed by atoms with Crippen LogP contribution in [0.5, 0.6) is 0 Å². The fraction of sp³-hybridized carbons (Fsp3) is 0.875. The smallest absolute Gasteiger partial charge is 0.411 e. The first-order valence-electron chi connectivity index (χ1n) is 7.91. The van der Waals surface area contributed by atoms with Gasteiger partial charge in [0.25, 0.3) is 0 Å². The van der Waals surface area contributed by atoms with Gasteiger partial charge in [0, 0.05) is 13.7 Å². The molecule has 0 aromatic rings. The van der Waals surface area contributed by atoms with Crippen molar-refractivity contribution in [3.63, 3.8) is 0 Å². The molecule has 0 radical (unpaired) electrons. The van der Waals surface area contributed by atoms with E-state index in [2.05, 4.69) is 0 Å². The molecule has 0 bridgehead atoms. The van der Waals surface area contributed by atoms with Crippen molar-refractivity contribution in [3.8, 4) is 0 Å². The highest BCUT2D eigenvalue weighted by Crippen LogP contribution is 2.18. The summed E-state index contributed by atoms with van der Waals surface area (Å²) in [5.74, 6) is -1.14. The minimum Gasteiger partial charge on any atom is -0.480 e. The summed E-state index contributed by atoms with van der Waals surface area (Å²) in [6, 6.07) is -1.00. The minimum atomic E-state index is -1.09. The Morgan fingerprint density at radius 1 is 1.26 bits per heavy atom. The van der Waals surface area contributed by atoms with Crippen molar-refractivity contribution in [1.82, 2.24) is 4.90 Å². The summed E-state index contributed by atoms with van der Waals surface area (Å²) < 4.78 is 10.2. The van der Waals surface area contributed by atoms with Crippen LogP contribution in [0.3, 0.4) is 0 Å². The predicted octanol–water partition coefficient (Wildman–Crippen LogP) is 2.12. The van der Waals surface area contributed by atoms with Crippen molar-refractivity contribution in [2.45, 2.75) is 65.2 Å². The van der Waals surface area contributed by atoms with Gasteiger partial charge in [-0.2, -0.15) is 0 Å². The Labute approximate surface area is 138 Å². The summed E-state index contributed by atoms with van der Waals surface area (Å²) in [5, 5.41) is 19.1. The fourth-order valence-electron chi connectivity index (χ4n) is 2.14. The maximum absolute atomic E-state index is 12.3. The molecule has 0 fully saturated rings. The number of rotatable bonds is 9. The van der Waals surface area contributed by atoms with Gasteiger partial charge in [-0.05, 0) is 40.0 Å². The van der Waals surface area contributed by atoms with E-state index >= 15 is 0 Å². The Bertz CT molecular complexity index is 379. The number of carbonyl (C=O) groups is 2. The third kappa shape index (κ3) is 8.76. The van der Waals surface area contributed by atoms with E-state index in [1.165, 1.54) is 18.9 Å². The zero-order chi connectivity index (χ0) is 18.2. The van der Waals surface area contributed by atoms with Crippen LogP contribution in [0.25, 0.3) is 0 Å². The average molecular weight is 333 g/mol. The first-order chi connectivity index (χ1) is 10.5. The van der Waals surface area contributed by atoms with Crippen LogP contribution in [0.15, 0.2) is 0 Å². The molecule has 2 unspecified atom stereocenters. The molecule has 0 aliphatic carbocycles. The molecule has 1 amide bonds. The molecule has 136 valence electrons.